The van der Waals surface area contributed by atoms with E-state index in [4.69, 9.17) is 0 Å². The minimum Gasteiger partial charge on any atom is -0.394 e. The fourth-order valence-corrected chi connectivity index (χ4v) is 4.79. The number of sulfone groups is 1. The number of anilines is 4. The Bertz CT molecular complexity index is 1590. The molecule has 11 nitrogen and oxygen atoms in total. The minimum atomic E-state index is -3.83. The lowest BCUT2D eigenvalue weighted by Crippen LogP contribution is -2.19. The van der Waals surface area contributed by atoms with Crippen molar-refractivity contribution in [2.75, 3.05) is 30.1 Å². The van der Waals surface area contributed by atoms with E-state index < -0.39 is 32.1 Å². The number of hydrogen-bond donors (Lipinski definition) is 3. The SMILES string of the molecule is Cc1cc(Nc2nc(N(C)c3c(F)cc(S(C)(=O)=O)cc3F)nc(-c3ccn(CCO)n3)c2C2CC2)n[nH]1. The van der Waals surface area contributed by atoms with E-state index in [1.54, 1.807) is 23.0 Å². The van der Waals surface area contributed by atoms with Crippen LogP contribution in [0.1, 0.15) is 30.0 Å². The summed E-state index contributed by atoms with van der Waals surface area (Å²) in [7, 11) is -2.43. The first-order valence-electron chi connectivity index (χ1n) is 11.8. The summed E-state index contributed by atoms with van der Waals surface area (Å²) >= 11 is 0. The van der Waals surface area contributed by atoms with Crippen LogP contribution in [-0.4, -0.2) is 63.4 Å². The summed E-state index contributed by atoms with van der Waals surface area (Å²) in [5.41, 5.74) is 2.10. The lowest BCUT2D eigenvalue weighted by atomic mass is 10.1. The van der Waals surface area contributed by atoms with Gasteiger partial charge in [-0.1, -0.05) is 0 Å². The number of aliphatic hydroxyl groups excluding tert-OH is 1. The second kappa shape index (κ2) is 9.76. The molecule has 14 heteroatoms. The predicted molar refractivity (Wildman–Crippen MR) is 136 cm³/mol. The molecule has 200 valence electrons. The van der Waals surface area contributed by atoms with E-state index in [2.05, 4.69) is 30.6 Å². The summed E-state index contributed by atoms with van der Waals surface area (Å²) in [4.78, 5) is 9.95. The Hall–Kier alpha value is -3.91. The second-order valence-corrected chi connectivity index (χ2v) is 11.2. The van der Waals surface area contributed by atoms with Crippen LogP contribution in [-0.2, 0) is 16.4 Å². The van der Waals surface area contributed by atoms with Crippen LogP contribution in [0, 0.1) is 18.6 Å². The first-order valence-corrected chi connectivity index (χ1v) is 13.7. The average molecular weight is 545 g/mol. The van der Waals surface area contributed by atoms with Crippen molar-refractivity contribution in [2.24, 2.45) is 0 Å². The summed E-state index contributed by atoms with van der Waals surface area (Å²) < 4.78 is 55.5. The van der Waals surface area contributed by atoms with Crippen molar-refractivity contribution < 1.29 is 22.3 Å². The van der Waals surface area contributed by atoms with E-state index in [0.717, 1.165) is 47.4 Å². The van der Waals surface area contributed by atoms with Gasteiger partial charge >= 0.3 is 0 Å². The molecule has 0 amide bonds. The number of halogens is 2. The number of hydrogen-bond acceptors (Lipinski definition) is 9. The highest BCUT2D eigenvalue weighted by atomic mass is 32.2. The zero-order chi connectivity index (χ0) is 27.2. The largest absolute Gasteiger partial charge is 0.394 e. The molecule has 1 aliphatic rings. The van der Waals surface area contributed by atoms with Gasteiger partial charge in [-0.15, -0.1) is 0 Å². The Morgan fingerprint density at radius 2 is 1.92 bits per heavy atom. The fraction of sp³-hybridized carbons (Fsp3) is 0.333. The molecule has 1 aliphatic carbocycles. The summed E-state index contributed by atoms with van der Waals surface area (Å²) in [6.07, 6.45) is 4.41. The predicted octanol–water partition coefficient (Wildman–Crippen LogP) is 3.43. The smallest absolute Gasteiger partial charge is 0.232 e. The maximum absolute atomic E-state index is 15.1. The van der Waals surface area contributed by atoms with Gasteiger partial charge in [-0.25, -0.2) is 22.2 Å². The molecule has 0 aliphatic heterocycles. The van der Waals surface area contributed by atoms with Crippen LogP contribution < -0.4 is 10.2 Å². The lowest BCUT2D eigenvalue weighted by molar-refractivity contribution is 0.269. The highest BCUT2D eigenvalue weighted by Crippen LogP contribution is 2.48. The van der Waals surface area contributed by atoms with Crippen LogP contribution in [0.2, 0.25) is 0 Å². The number of nitrogens with one attached hydrogen (secondary N) is 2. The number of nitrogens with zero attached hydrogens (tertiary/aromatic N) is 6. The van der Waals surface area contributed by atoms with Gasteiger partial charge in [0.05, 0.1) is 18.0 Å². The van der Waals surface area contributed by atoms with Crippen LogP contribution in [0.15, 0.2) is 35.4 Å². The quantitative estimate of drug-likeness (QED) is 0.289. The molecule has 3 aromatic heterocycles. The third-order valence-electron chi connectivity index (χ3n) is 6.14. The lowest BCUT2D eigenvalue weighted by Gasteiger charge is -2.22. The minimum absolute atomic E-state index is 0.0410. The fourth-order valence-electron chi connectivity index (χ4n) is 4.15. The third kappa shape index (κ3) is 5.09. The monoisotopic (exact) mass is 544 g/mol. The van der Waals surface area contributed by atoms with Crippen molar-refractivity contribution in [1.29, 1.82) is 0 Å². The molecule has 1 fully saturated rings. The Labute approximate surface area is 217 Å². The molecular weight excluding hydrogens is 518 g/mol. The van der Waals surface area contributed by atoms with Gasteiger partial charge < -0.3 is 15.3 Å². The number of aromatic amines is 1. The van der Waals surface area contributed by atoms with Gasteiger partial charge in [0.1, 0.15) is 22.9 Å². The first-order chi connectivity index (χ1) is 18.0. The van der Waals surface area contributed by atoms with Gasteiger partial charge in [-0.3, -0.25) is 9.78 Å². The zero-order valence-corrected chi connectivity index (χ0v) is 21.7. The number of rotatable bonds is 9. The van der Waals surface area contributed by atoms with E-state index >= 15 is 8.78 Å². The first kappa shape index (κ1) is 25.7. The normalized spacial score (nSPS) is 13.6. The molecule has 0 spiro atoms. The molecule has 38 heavy (non-hydrogen) atoms. The van der Waals surface area contributed by atoms with E-state index in [9.17, 15) is 13.5 Å². The Kier molecular flexibility index (Phi) is 6.61. The molecule has 3 heterocycles. The Balaban J connectivity index is 1.67. The van der Waals surface area contributed by atoms with Crippen molar-refractivity contribution in [3.63, 3.8) is 0 Å². The van der Waals surface area contributed by atoms with Crippen molar-refractivity contribution in [2.45, 2.75) is 37.1 Å². The average Bonchev–Trinajstić information content (AvgIpc) is 3.44. The molecule has 0 saturated heterocycles. The molecule has 0 bridgehead atoms. The number of aliphatic hydroxyl groups is 1. The summed E-state index contributed by atoms with van der Waals surface area (Å²) in [5, 5.41) is 24.1. The van der Waals surface area contributed by atoms with Crippen molar-refractivity contribution in [3.05, 3.63) is 53.4 Å². The van der Waals surface area contributed by atoms with Gasteiger partial charge in [0.2, 0.25) is 5.95 Å². The van der Waals surface area contributed by atoms with Crippen molar-refractivity contribution >= 4 is 33.1 Å². The summed E-state index contributed by atoms with van der Waals surface area (Å²) in [6.45, 7) is 2.04. The van der Waals surface area contributed by atoms with Gasteiger partial charge in [-0.05, 0) is 43.9 Å². The van der Waals surface area contributed by atoms with Crippen molar-refractivity contribution in [3.8, 4) is 11.4 Å². The topological polar surface area (TPSA) is 142 Å². The van der Waals surface area contributed by atoms with E-state index in [1.165, 1.54) is 7.05 Å². The number of aryl methyl sites for hydroxylation is 1. The van der Waals surface area contributed by atoms with Crippen molar-refractivity contribution in [1.82, 2.24) is 29.9 Å². The Morgan fingerprint density at radius 3 is 2.50 bits per heavy atom. The van der Waals surface area contributed by atoms with Crippen LogP contribution >= 0.6 is 0 Å². The maximum atomic E-state index is 15.1. The molecule has 1 saturated carbocycles. The molecule has 3 N–H and O–H groups in total. The van der Waals surface area contributed by atoms with E-state index in [0.29, 0.717) is 23.0 Å². The molecule has 1 aromatic carbocycles. The zero-order valence-electron chi connectivity index (χ0n) is 20.9. The molecule has 0 atom stereocenters. The van der Waals surface area contributed by atoms with E-state index in [1.807, 2.05) is 6.92 Å². The van der Waals surface area contributed by atoms with E-state index in [-0.39, 0.29) is 25.0 Å². The highest BCUT2D eigenvalue weighted by molar-refractivity contribution is 7.90. The third-order valence-corrected chi connectivity index (χ3v) is 7.23. The van der Waals surface area contributed by atoms with Gasteiger partial charge in [0, 0.05) is 36.8 Å². The molecule has 4 aromatic rings. The van der Waals surface area contributed by atoms with Gasteiger partial charge in [0.25, 0.3) is 0 Å². The molecular formula is C24H26F2N8O3S. The van der Waals surface area contributed by atoms with Gasteiger partial charge in [0.15, 0.2) is 27.3 Å². The Morgan fingerprint density at radius 1 is 1.21 bits per heavy atom. The standard InChI is InChI=1S/C24H26F2N8O3S/c1-13-10-19(31-30-13)27-23-20(14-4-5-14)21(18-6-7-34(32-18)8-9-35)28-24(29-23)33(2)22-16(25)11-15(12-17(22)26)38(3,36)37/h6-7,10-12,14,35H,4-5,8-9H2,1-3H3,(H2,27,28,29,30,31). The van der Waals surface area contributed by atoms with Gasteiger partial charge in [-0.2, -0.15) is 15.2 Å². The van der Waals surface area contributed by atoms with Crippen LogP contribution in [0.5, 0.6) is 0 Å². The number of H-pyrrole nitrogens is 1. The van der Waals surface area contributed by atoms with Crippen LogP contribution in [0.25, 0.3) is 11.4 Å². The second-order valence-electron chi connectivity index (χ2n) is 9.22. The maximum Gasteiger partial charge on any atom is 0.232 e. The van der Waals surface area contributed by atoms with Crippen LogP contribution in [0.4, 0.5) is 32.1 Å². The molecule has 0 unspecified atom stereocenters. The number of aromatic nitrogens is 6. The summed E-state index contributed by atoms with van der Waals surface area (Å²) in [5.74, 6) is -1.12. The molecule has 5 rings (SSSR count). The van der Waals surface area contributed by atoms with Crippen LogP contribution in [0.3, 0.4) is 0 Å². The number of benzene rings is 1. The highest BCUT2D eigenvalue weighted by Gasteiger charge is 2.33. The summed E-state index contributed by atoms with van der Waals surface area (Å²) in [6, 6.07) is 5.08. The molecule has 0 radical (unpaired) electrons.